The fourth-order valence-electron chi connectivity index (χ4n) is 4.13. The van der Waals surface area contributed by atoms with Crippen LogP contribution in [-0.4, -0.2) is 69.4 Å². The van der Waals surface area contributed by atoms with Crippen LogP contribution in [-0.2, 0) is 22.0 Å². The van der Waals surface area contributed by atoms with Crippen molar-refractivity contribution in [1.82, 2.24) is 29.1 Å². The smallest absolute Gasteiger partial charge is 0.274 e. The molecule has 2 aromatic heterocycles. The van der Waals surface area contributed by atoms with E-state index < -0.39 is 10.0 Å². The molecule has 2 aliphatic rings. The minimum atomic E-state index is -3.24. The van der Waals surface area contributed by atoms with Crippen LogP contribution in [0.5, 0.6) is 0 Å². The SMILES string of the molecule is Cc1ncc2c(n1)C1(CCN(S(C)(=O)=O)CC1)CN(C(=O)c1cnccn1)C2. The van der Waals surface area contributed by atoms with Gasteiger partial charge in [0.2, 0.25) is 10.0 Å². The average Bonchev–Trinajstić information content (AvgIpc) is 2.68. The van der Waals surface area contributed by atoms with E-state index in [2.05, 4.69) is 15.0 Å². The Morgan fingerprint density at radius 2 is 1.89 bits per heavy atom. The van der Waals surface area contributed by atoms with Gasteiger partial charge in [-0.3, -0.25) is 9.78 Å². The van der Waals surface area contributed by atoms with E-state index >= 15 is 0 Å². The molecule has 0 radical (unpaired) electrons. The number of hydrogen-bond acceptors (Lipinski definition) is 7. The van der Waals surface area contributed by atoms with Gasteiger partial charge in [0.25, 0.3) is 5.91 Å². The molecule has 1 amide bonds. The molecule has 4 heterocycles. The fourth-order valence-corrected chi connectivity index (χ4v) is 4.97. The molecule has 2 aromatic rings. The van der Waals surface area contributed by atoms with Gasteiger partial charge in [-0.05, 0) is 19.8 Å². The summed E-state index contributed by atoms with van der Waals surface area (Å²) in [7, 11) is -3.24. The summed E-state index contributed by atoms with van der Waals surface area (Å²) in [5.41, 5.74) is 1.75. The molecule has 28 heavy (non-hydrogen) atoms. The Labute approximate surface area is 163 Å². The second-order valence-electron chi connectivity index (χ2n) is 7.49. The molecular weight excluding hydrogens is 380 g/mol. The van der Waals surface area contributed by atoms with Crippen molar-refractivity contribution in [3.8, 4) is 0 Å². The van der Waals surface area contributed by atoms with Crippen LogP contribution in [0.15, 0.2) is 24.8 Å². The lowest BCUT2D eigenvalue weighted by atomic mass is 9.72. The van der Waals surface area contributed by atoms with E-state index in [1.807, 2.05) is 6.92 Å². The minimum Gasteiger partial charge on any atom is -0.332 e. The maximum absolute atomic E-state index is 13.0. The second-order valence-corrected chi connectivity index (χ2v) is 9.47. The van der Waals surface area contributed by atoms with Gasteiger partial charge in [0.15, 0.2) is 0 Å². The van der Waals surface area contributed by atoms with Crippen LogP contribution < -0.4 is 0 Å². The number of aromatic nitrogens is 4. The maximum Gasteiger partial charge on any atom is 0.274 e. The third-order valence-corrected chi connectivity index (χ3v) is 6.86. The Morgan fingerprint density at radius 1 is 1.14 bits per heavy atom. The van der Waals surface area contributed by atoms with Gasteiger partial charge >= 0.3 is 0 Å². The Hall–Kier alpha value is -2.46. The molecule has 148 valence electrons. The molecule has 0 saturated carbocycles. The molecule has 0 N–H and O–H groups in total. The number of carbonyl (C=O) groups is 1. The number of carbonyl (C=O) groups excluding carboxylic acids is 1. The molecule has 1 saturated heterocycles. The van der Waals surface area contributed by atoms with E-state index in [0.29, 0.717) is 50.5 Å². The van der Waals surface area contributed by atoms with Gasteiger partial charge in [0.05, 0.1) is 18.1 Å². The quantitative estimate of drug-likeness (QED) is 0.720. The zero-order valence-corrected chi connectivity index (χ0v) is 16.7. The van der Waals surface area contributed by atoms with Gasteiger partial charge in [-0.15, -0.1) is 0 Å². The first kappa shape index (κ1) is 18.9. The normalized spacial score (nSPS) is 19.4. The van der Waals surface area contributed by atoms with Crippen LogP contribution in [0.2, 0.25) is 0 Å². The zero-order chi connectivity index (χ0) is 19.9. The summed E-state index contributed by atoms with van der Waals surface area (Å²) in [5.74, 6) is 0.488. The van der Waals surface area contributed by atoms with Gasteiger partial charge in [0.1, 0.15) is 11.5 Å². The standard InChI is InChI=1S/C18H22N6O3S/c1-13-21-9-14-11-23(17(25)15-10-19-5-6-20-15)12-18(16(14)22-13)3-7-24(8-4-18)28(2,26)27/h5-6,9-10H,3-4,7-8,11-12H2,1-2H3. The van der Waals surface area contributed by atoms with E-state index in [1.165, 1.54) is 29.2 Å². The summed E-state index contributed by atoms with van der Waals surface area (Å²) < 4.78 is 25.4. The molecule has 0 aliphatic carbocycles. The van der Waals surface area contributed by atoms with Crippen LogP contribution in [0.25, 0.3) is 0 Å². The monoisotopic (exact) mass is 402 g/mol. The van der Waals surface area contributed by atoms with Crippen LogP contribution in [0.1, 0.15) is 40.4 Å². The highest BCUT2D eigenvalue weighted by Gasteiger charge is 2.46. The molecule has 0 aromatic carbocycles. The Kier molecular flexibility index (Phi) is 4.62. The number of sulfonamides is 1. The highest BCUT2D eigenvalue weighted by Crippen LogP contribution is 2.41. The topological polar surface area (TPSA) is 109 Å². The highest BCUT2D eigenvalue weighted by molar-refractivity contribution is 7.88. The Morgan fingerprint density at radius 3 is 2.54 bits per heavy atom. The first-order valence-electron chi connectivity index (χ1n) is 9.12. The Balaban J connectivity index is 1.69. The second kappa shape index (κ2) is 6.85. The van der Waals surface area contributed by atoms with Crippen LogP contribution in [0.3, 0.4) is 0 Å². The van der Waals surface area contributed by atoms with E-state index in [4.69, 9.17) is 4.98 Å². The van der Waals surface area contributed by atoms with Crippen molar-refractivity contribution in [3.63, 3.8) is 0 Å². The third-order valence-electron chi connectivity index (χ3n) is 5.56. The summed E-state index contributed by atoms with van der Waals surface area (Å²) in [6, 6.07) is 0. The molecule has 1 fully saturated rings. The van der Waals surface area contributed by atoms with Crippen molar-refractivity contribution >= 4 is 15.9 Å². The maximum atomic E-state index is 13.0. The first-order chi connectivity index (χ1) is 13.3. The predicted octanol–water partition coefficient (Wildman–Crippen LogP) is 0.524. The molecule has 4 rings (SSSR count). The lowest BCUT2D eigenvalue weighted by Gasteiger charge is -2.47. The lowest BCUT2D eigenvalue weighted by molar-refractivity contribution is 0.0605. The van der Waals surface area contributed by atoms with E-state index in [9.17, 15) is 13.2 Å². The molecule has 1 spiro atoms. The van der Waals surface area contributed by atoms with Crippen molar-refractivity contribution in [2.24, 2.45) is 0 Å². The third kappa shape index (κ3) is 3.37. The van der Waals surface area contributed by atoms with Crippen LogP contribution in [0.4, 0.5) is 0 Å². The van der Waals surface area contributed by atoms with E-state index in [1.54, 1.807) is 11.1 Å². The highest BCUT2D eigenvalue weighted by atomic mass is 32.2. The van der Waals surface area contributed by atoms with E-state index in [-0.39, 0.29) is 11.3 Å². The van der Waals surface area contributed by atoms with Crippen LogP contribution >= 0.6 is 0 Å². The summed E-state index contributed by atoms with van der Waals surface area (Å²) in [4.78, 5) is 31.9. The lowest BCUT2D eigenvalue weighted by Crippen LogP contribution is -2.54. The largest absolute Gasteiger partial charge is 0.332 e. The number of piperidine rings is 1. The summed E-state index contributed by atoms with van der Waals surface area (Å²) >= 11 is 0. The van der Waals surface area contributed by atoms with Gasteiger partial charge in [0, 0.05) is 55.7 Å². The van der Waals surface area contributed by atoms with Gasteiger partial charge in [-0.1, -0.05) is 0 Å². The van der Waals surface area contributed by atoms with Crippen molar-refractivity contribution in [1.29, 1.82) is 0 Å². The zero-order valence-electron chi connectivity index (χ0n) is 15.9. The number of fused-ring (bicyclic) bond motifs is 2. The number of aryl methyl sites for hydroxylation is 1. The molecule has 0 bridgehead atoms. The van der Waals surface area contributed by atoms with Gasteiger partial charge in [-0.25, -0.2) is 27.7 Å². The Bertz CT molecular complexity index is 1000. The predicted molar refractivity (Wildman–Crippen MR) is 101 cm³/mol. The van der Waals surface area contributed by atoms with Crippen molar-refractivity contribution in [2.75, 3.05) is 25.9 Å². The first-order valence-corrected chi connectivity index (χ1v) is 11.0. The summed E-state index contributed by atoms with van der Waals surface area (Å²) in [6.07, 6.45) is 8.71. The molecule has 10 heteroatoms. The van der Waals surface area contributed by atoms with Gasteiger partial charge < -0.3 is 4.90 Å². The number of nitrogens with zero attached hydrogens (tertiary/aromatic N) is 6. The summed E-state index contributed by atoms with van der Waals surface area (Å²) in [5, 5.41) is 0. The van der Waals surface area contributed by atoms with Crippen molar-refractivity contribution < 1.29 is 13.2 Å². The number of amides is 1. The number of rotatable bonds is 2. The average molecular weight is 402 g/mol. The molecule has 0 atom stereocenters. The summed E-state index contributed by atoms with van der Waals surface area (Å²) in [6.45, 7) is 3.55. The van der Waals surface area contributed by atoms with Crippen LogP contribution in [0, 0.1) is 6.92 Å². The molecule has 9 nitrogen and oxygen atoms in total. The fraction of sp³-hybridized carbons (Fsp3) is 0.500. The molecule has 0 unspecified atom stereocenters. The number of hydrogen-bond donors (Lipinski definition) is 0. The van der Waals surface area contributed by atoms with E-state index in [0.717, 1.165) is 11.3 Å². The van der Waals surface area contributed by atoms with Gasteiger partial charge in [-0.2, -0.15) is 0 Å². The van der Waals surface area contributed by atoms with Crippen molar-refractivity contribution in [2.45, 2.75) is 31.7 Å². The minimum absolute atomic E-state index is 0.191. The van der Waals surface area contributed by atoms with Crippen molar-refractivity contribution in [3.05, 3.63) is 47.6 Å². The molecule has 2 aliphatic heterocycles. The molecular formula is C18H22N6O3S.